The number of benzene rings is 2. The molecule has 2 aromatic carbocycles. The van der Waals surface area contributed by atoms with Crippen molar-refractivity contribution in [1.29, 1.82) is 0 Å². The number of nitrogens with one attached hydrogen (secondary N) is 2. The molecular formula is C32H30N9O3+. The second-order valence-electron chi connectivity index (χ2n) is 10.2. The fourth-order valence-corrected chi connectivity index (χ4v) is 5.18. The van der Waals surface area contributed by atoms with Gasteiger partial charge in [-0.25, -0.2) is 10.1 Å². The van der Waals surface area contributed by atoms with Crippen LogP contribution in [0.3, 0.4) is 0 Å². The smallest absolute Gasteiger partial charge is 0.362 e. The van der Waals surface area contributed by atoms with Crippen molar-refractivity contribution in [1.82, 2.24) is 34.7 Å². The molecule has 12 heteroatoms. The summed E-state index contributed by atoms with van der Waals surface area (Å²) < 4.78 is 10.1. The number of nitrogens with zero attached hydrogens (tertiary/aromatic N) is 6. The van der Waals surface area contributed by atoms with Gasteiger partial charge in [-0.3, -0.25) is 18.8 Å². The molecule has 0 fully saturated rings. The van der Waals surface area contributed by atoms with E-state index < -0.39 is 11.9 Å². The highest BCUT2D eigenvalue weighted by molar-refractivity contribution is 6.03. The molecule has 4 heterocycles. The zero-order valence-corrected chi connectivity index (χ0v) is 24.4. The second kappa shape index (κ2) is 11.8. The lowest BCUT2D eigenvalue weighted by Crippen LogP contribution is -2.34. The zero-order valence-electron chi connectivity index (χ0n) is 24.4. The summed E-state index contributed by atoms with van der Waals surface area (Å²) in [5.41, 5.74) is 9.70. The quantitative estimate of drug-likeness (QED) is 0.191. The molecule has 6 rings (SSSR count). The third kappa shape index (κ3) is 5.16. The van der Waals surface area contributed by atoms with Crippen LogP contribution in [0.2, 0.25) is 0 Å². The van der Waals surface area contributed by atoms with Crippen LogP contribution < -0.4 is 21.1 Å². The van der Waals surface area contributed by atoms with Gasteiger partial charge >= 0.3 is 5.65 Å². The van der Waals surface area contributed by atoms with Crippen LogP contribution in [0.5, 0.6) is 0 Å². The summed E-state index contributed by atoms with van der Waals surface area (Å²) in [7, 11) is 3.51. The van der Waals surface area contributed by atoms with E-state index in [1.165, 1.54) is 4.57 Å². The predicted octanol–water partition coefficient (Wildman–Crippen LogP) is 2.24. The van der Waals surface area contributed by atoms with Gasteiger partial charge in [0.25, 0.3) is 11.5 Å². The Hall–Kier alpha value is -5.80. The van der Waals surface area contributed by atoms with Crippen LogP contribution in [0.1, 0.15) is 46.0 Å². The van der Waals surface area contributed by atoms with Gasteiger partial charge in [0.05, 0.1) is 46.7 Å². The number of hydrogen-bond acceptors (Lipinski definition) is 7. The number of anilines is 1. The minimum absolute atomic E-state index is 0.169. The SMILES string of the molecule is COCCc1c(C#Cc2cccc3nc(C(C)NC(=O)c4c(N)[nH][n+]5cccnc45)n(-c4ccccc4)c(=O)c23)cnn1C. The minimum atomic E-state index is -0.689. The first-order valence-corrected chi connectivity index (χ1v) is 13.9. The minimum Gasteiger partial charge on any atom is -0.384 e. The summed E-state index contributed by atoms with van der Waals surface area (Å²) in [5, 5.41) is 10.6. The predicted molar refractivity (Wildman–Crippen MR) is 164 cm³/mol. The van der Waals surface area contributed by atoms with Gasteiger partial charge in [-0.05, 0) is 36.2 Å². The van der Waals surface area contributed by atoms with Crippen LogP contribution in [0.15, 0.2) is 78.0 Å². The molecule has 0 aliphatic carbocycles. The number of rotatable bonds is 7. The topological polar surface area (TPSA) is 150 Å². The van der Waals surface area contributed by atoms with Crippen LogP contribution in [0, 0.1) is 11.8 Å². The maximum atomic E-state index is 14.3. The number of H-pyrrole nitrogens is 1. The fourth-order valence-electron chi connectivity index (χ4n) is 5.18. The Morgan fingerprint density at radius 3 is 2.73 bits per heavy atom. The van der Waals surface area contributed by atoms with Crippen LogP contribution in [0.25, 0.3) is 22.2 Å². The first-order chi connectivity index (χ1) is 21.4. The van der Waals surface area contributed by atoms with Crippen molar-refractivity contribution in [3.63, 3.8) is 0 Å². The number of fused-ring (bicyclic) bond motifs is 2. The van der Waals surface area contributed by atoms with E-state index in [-0.39, 0.29) is 16.9 Å². The number of ether oxygens (including phenoxy) is 1. The van der Waals surface area contributed by atoms with Crippen LogP contribution in [0.4, 0.5) is 5.82 Å². The molecule has 0 saturated carbocycles. The van der Waals surface area contributed by atoms with Crippen LogP contribution in [-0.4, -0.2) is 49.0 Å². The molecular weight excluding hydrogens is 558 g/mol. The molecule has 1 amide bonds. The molecule has 0 bridgehead atoms. The standard InChI is InChI=1S/C32H29N9O3/c1-20(36-31(42)27-28(33)38-40-17-8-16-34-30(27)40)29-37-24-12-7-9-21(13-14-22-19-35-39(2)25(22)15-18-44-3)26(24)32(43)41(29)23-10-5-4-6-11-23/h4-12,16-17,19-20H,15,18H2,1-3H3,(H3,33,36,38,42)/p+1. The van der Waals surface area contributed by atoms with Crippen molar-refractivity contribution in [2.24, 2.45) is 7.05 Å². The van der Waals surface area contributed by atoms with Crippen molar-refractivity contribution in [2.45, 2.75) is 19.4 Å². The van der Waals surface area contributed by atoms with Crippen LogP contribution >= 0.6 is 0 Å². The van der Waals surface area contributed by atoms with Gasteiger partial charge in [0.2, 0.25) is 0 Å². The molecule has 6 aromatic rings. The highest BCUT2D eigenvalue weighted by atomic mass is 16.5. The molecule has 12 nitrogen and oxygen atoms in total. The molecule has 1 atom stereocenters. The number of aryl methyl sites for hydroxylation is 1. The molecule has 0 saturated heterocycles. The van der Waals surface area contributed by atoms with Gasteiger partial charge in [0.1, 0.15) is 18.2 Å². The number of hydrogen-bond donors (Lipinski definition) is 3. The highest BCUT2D eigenvalue weighted by Gasteiger charge is 2.27. The molecule has 44 heavy (non-hydrogen) atoms. The lowest BCUT2D eigenvalue weighted by Gasteiger charge is -2.19. The Bertz CT molecular complexity index is 2140. The summed E-state index contributed by atoms with van der Waals surface area (Å²) in [6.45, 7) is 2.30. The Labute approximate surface area is 252 Å². The number of para-hydroxylation sites is 1. The first-order valence-electron chi connectivity index (χ1n) is 13.9. The number of aromatic nitrogens is 7. The van der Waals surface area contributed by atoms with E-state index in [1.807, 2.05) is 43.4 Å². The number of amides is 1. The number of carbonyl (C=O) groups is 1. The third-order valence-corrected chi connectivity index (χ3v) is 7.32. The van der Waals surface area contributed by atoms with E-state index in [4.69, 9.17) is 15.5 Å². The average Bonchev–Trinajstić information content (AvgIpc) is 3.56. The second-order valence-corrected chi connectivity index (χ2v) is 10.2. The van der Waals surface area contributed by atoms with Gasteiger partial charge in [-0.2, -0.15) is 5.10 Å². The number of carbonyl (C=O) groups excluding carboxylic acids is 1. The van der Waals surface area contributed by atoms with Crippen molar-refractivity contribution in [2.75, 3.05) is 19.5 Å². The van der Waals surface area contributed by atoms with Gasteiger partial charge in [-0.15, -0.1) is 4.52 Å². The molecule has 0 aliphatic heterocycles. The van der Waals surface area contributed by atoms with Crippen molar-refractivity contribution < 1.29 is 14.0 Å². The number of aromatic amines is 1. The van der Waals surface area contributed by atoms with Gasteiger partial charge in [-0.1, -0.05) is 36.1 Å². The Morgan fingerprint density at radius 2 is 1.93 bits per heavy atom. The maximum absolute atomic E-state index is 14.3. The van der Waals surface area contributed by atoms with Gasteiger partial charge < -0.3 is 15.8 Å². The monoisotopic (exact) mass is 588 g/mol. The summed E-state index contributed by atoms with van der Waals surface area (Å²) in [6.07, 6.45) is 5.66. The lowest BCUT2D eigenvalue weighted by atomic mass is 10.1. The molecule has 1 unspecified atom stereocenters. The van der Waals surface area contributed by atoms with E-state index >= 15 is 0 Å². The van der Waals surface area contributed by atoms with Crippen molar-refractivity contribution in [3.05, 3.63) is 112 Å². The van der Waals surface area contributed by atoms with E-state index in [0.717, 1.165) is 11.3 Å². The third-order valence-electron chi connectivity index (χ3n) is 7.32. The normalized spacial score (nSPS) is 11.8. The van der Waals surface area contributed by atoms with E-state index in [9.17, 15) is 9.59 Å². The molecule has 220 valence electrons. The molecule has 4 N–H and O–H groups in total. The fraction of sp³-hybridized carbons (Fsp3) is 0.188. The lowest BCUT2D eigenvalue weighted by molar-refractivity contribution is -0.577. The van der Waals surface area contributed by atoms with E-state index in [0.29, 0.717) is 46.7 Å². The van der Waals surface area contributed by atoms with Crippen molar-refractivity contribution >= 4 is 28.3 Å². The number of methoxy groups -OCH3 is 1. The first kappa shape index (κ1) is 28.3. The highest BCUT2D eigenvalue weighted by Crippen LogP contribution is 2.21. The van der Waals surface area contributed by atoms with Gasteiger partial charge in [0, 0.05) is 32.2 Å². The number of nitrogen functional groups attached to an aromatic ring is 1. The Morgan fingerprint density at radius 1 is 1.14 bits per heavy atom. The van der Waals surface area contributed by atoms with Gasteiger partial charge in [0.15, 0.2) is 11.4 Å². The summed E-state index contributed by atoms with van der Waals surface area (Å²) in [5.74, 6) is 6.43. The molecule has 0 radical (unpaired) electrons. The Balaban J connectivity index is 1.45. The van der Waals surface area contributed by atoms with E-state index in [1.54, 1.807) is 60.0 Å². The average molecular weight is 589 g/mol. The summed E-state index contributed by atoms with van der Waals surface area (Å²) in [6, 6.07) is 15.6. The summed E-state index contributed by atoms with van der Waals surface area (Å²) in [4.78, 5) is 37.0. The van der Waals surface area contributed by atoms with Crippen molar-refractivity contribution in [3.8, 4) is 17.5 Å². The van der Waals surface area contributed by atoms with E-state index in [2.05, 4.69) is 32.3 Å². The Kier molecular flexibility index (Phi) is 7.61. The maximum Gasteiger partial charge on any atom is 0.362 e. The zero-order chi connectivity index (χ0) is 30.8. The molecule has 4 aromatic heterocycles. The summed E-state index contributed by atoms with van der Waals surface area (Å²) >= 11 is 0. The number of nitrogens with two attached hydrogens (primary N) is 1. The largest absolute Gasteiger partial charge is 0.384 e. The molecule has 0 aliphatic rings. The molecule has 0 spiro atoms. The van der Waals surface area contributed by atoms with Crippen LogP contribution in [-0.2, 0) is 18.2 Å².